The van der Waals surface area contributed by atoms with Crippen LogP contribution >= 0.6 is 0 Å². The molecule has 1 aliphatic carbocycles. The molecule has 0 aromatic rings. The van der Waals surface area contributed by atoms with Crippen molar-refractivity contribution in [2.75, 3.05) is 0 Å². The minimum absolute atomic E-state index is 0.0181. The molecule has 0 aromatic heterocycles. The first kappa shape index (κ1) is 11.3. The maximum atomic E-state index is 12.3. The third-order valence-electron chi connectivity index (χ3n) is 2.71. The summed E-state index contributed by atoms with van der Waals surface area (Å²) in [6.07, 6.45) is -3.06. The number of carboxylic acids is 1. The lowest BCUT2D eigenvalue weighted by Crippen LogP contribution is -2.29. The first-order valence-corrected chi connectivity index (χ1v) is 4.68. The first-order chi connectivity index (χ1) is 6.39. The molecule has 0 radical (unpaired) electrons. The predicted octanol–water partition coefficient (Wildman–Crippen LogP) is 2.83. The molecular weight excluding hydrogens is 197 g/mol. The summed E-state index contributed by atoms with van der Waals surface area (Å²) >= 11 is 0. The van der Waals surface area contributed by atoms with Gasteiger partial charge in [0.05, 0.1) is 5.92 Å². The standard InChI is InChI=1S/C9H13F3O2/c10-9(11,12)7-3-1-2-6(4-7)5-8(13)14/h6-7H,1-5H2,(H,13,14). The highest BCUT2D eigenvalue weighted by Crippen LogP contribution is 2.40. The second-order valence-corrected chi connectivity index (χ2v) is 3.87. The lowest BCUT2D eigenvalue weighted by atomic mass is 9.79. The molecule has 5 heteroatoms. The highest BCUT2D eigenvalue weighted by atomic mass is 19.4. The second kappa shape index (κ2) is 4.19. The van der Waals surface area contributed by atoms with Crippen molar-refractivity contribution in [3.05, 3.63) is 0 Å². The summed E-state index contributed by atoms with van der Waals surface area (Å²) in [5.74, 6) is -2.59. The summed E-state index contributed by atoms with van der Waals surface area (Å²) in [7, 11) is 0. The second-order valence-electron chi connectivity index (χ2n) is 3.87. The summed E-state index contributed by atoms with van der Waals surface area (Å²) in [4.78, 5) is 10.3. The quantitative estimate of drug-likeness (QED) is 0.760. The minimum Gasteiger partial charge on any atom is -0.481 e. The van der Waals surface area contributed by atoms with Gasteiger partial charge in [-0.05, 0) is 25.2 Å². The zero-order chi connectivity index (χ0) is 10.8. The Balaban J connectivity index is 2.48. The van der Waals surface area contributed by atoms with Crippen LogP contribution in [0.4, 0.5) is 13.2 Å². The summed E-state index contributed by atoms with van der Waals surface area (Å²) < 4.78 is 36.9. The summed E-state index contributed by atoms with van der Waals surface area (Å²) in [5.41, 5.74) is 0. The van der Waals surface area contributed by atoms with Crippen LogP contribution in [0.3, 0.4) is 0 Å². The molecule has 0 amide bonds. The van der Waals surface area contributed by atoms with Gasteiger partial charge in [-0.15, -0.1) is 0 Å². The SMILES string of the molecule is O=C(O)CC1CCCC(C(F)(F)F)C1. The molecule has 2 unspecified atom stereocenters. The molecule has 1 saturated carbocycles. The van der Waals surface area contributed by atoms with Gasteiger partial charge in [-0.2, -0.15) is 13.2 Å². The molecule has 1 N–H and O–H groups in total. The average molecular weight is 210 g/mol. The van der Waals surface area contributed by atoms with Gasteiger partial charge in [-0.1, -0.05) is 6.42 Å². The lowest BCUT2D eigenvalue weighted by molar-refractivity contribution is -0.186. The molecule has 0 heterocycles. The van der Waals surface area contributed by atoms with Crippen LogP contribution in [0.2, 0.25) is 0 Å². The average Bonchev–Trinajstić information content (AvgIpc) is 2.01. The van der Waals surface area contributed by atoms with Gasteiger partial charge in [0.1, 0.15) is 0 Å². The number of rotatable bonds is 2. The number of alkyl halides is 3. The van der Waals surface area contributed by atoms with Crippen LogP contribution in [0.25, 0.3) is 0 Å². The number of hydrogen-bond acceptors (Lipinski definition) is 1. The smallest absolute Gasteiger partial charge is 0.391 e. The lowest BCUT2D eigenvalue weighted by Gasteiger charge is -2.29. The number of carbonyl (C=O) groups is 1. The molecule has 0 aromatic carbocycles. The largest absolute Gasteiger partial charge is 0.481 e. The Labute approximate surface area is 80.1 Å². The van der Waals surface area contributed by atoms with Crippen LogP contribution in [0.5, 0.6) is 0 Å². The maximum absolute atomic E-state index is 12.3. The summed E-state index contributed by atoms with van der Waals surface area (Å²) in [6, 6.07) is 0. The van der Waals surface area contributed by atoms with E-state index in [1.54, 1.807) is 0 Å². The van der Waals surface area contributed by atoms with Crippen LogP contribution in [0.15, 0.2) is 0 Å². The van der Waals surface area contributed by atoms with E-state index >= 15 is 0 Å². The van der Waals surface area contributed by atoms with Crippen molar-refractivity contribution < 1.29 is 23.1 Å². The number of carboxylic acid groups (broad SMARTS) is 1. The van der Waals surface area contributed by atoms with Crippen molar-refractivity contribution in [3.63, 3.8) is 0 Å². The van der Waals surface area contributed by atoms with Crippen molar-refractivity contribution in [1.29, 1.82) is 0 Å². The van der Waals surface area contributed by atoms with E-state index in [4.69, 9.17) is 5.11 Å². The third kappa shape index (κ3) is 3.20. The van der Waals surface area contributed by atoms with Crippen LogP contribution in [0.1, 0.15) is 32.1 Å². The van der Waals surface area contributed by atoms with E-state index in [9.17, 15) is 18.0 Å². The van der Waals surface area contributed by atoms with Crippen LogP contribution in [-0.2, 0) is 4.79 Å². The van der Waals surface area contributed by atoms with Crippen molar-refractivity contribution in [1.82, 2.24) is 0 Å². The van der Waals surface area contributed by atoms with Crippen molar-refractivity contribution >= 4 is 5.97 Å². The van der Waals surface area contributed by atoms with E-state index in [1.807, 2.05) is 0 Å². The summed E-state index contributed by atoms with van der Waals surface area (Å²) in [5, 5.41) is 8.47. The predicted molar refractivity (Wildman–Crippen MR) is 43.8 cm³/mol. The number of halogens is 3. The Morgan fingerprint density at radius 2 is 2.00 bits per heavy atom. The molecule has 14 heavy (non-hydrogen) atoms. The Kier molecular flexibility index (Phi) is 3.39. The summed E-state index contributed by atoms with van der Waals surface area (Å²) in [6.45, 7) is 0. The highest BCUT2D eigenvalue weighted by Gasteiger charge is 2.42. The van der Waals surface area contributed by atoms with E-state index in [-0.39, 0.29) is 25.2 Å². The molecule has 0 spiro atoms. The van der Waals surface area contributed by atoms with Crippen molar-refractivity contribution in [2.24, 2.45) is 11.8 Å². The van der Waals surface area contributed by atoms with Gasteiger partial charge in [-0.25, -0.2) is 0 Å². The molecular formula is C9H13F3O2. The zero-order valence-corrected chi connectivity index (χ0v) is 7.68. The molecule has 0 saturated heterocycles. The first-order valence-electron chi connectivity index (χ1n) is 4.68. The molecule has 0 bridgehead atoms. The third-order valence-corrected chi connectivity index (χ3v) is 2.71. The maximum Gasteiger partial charge on any atom is 0.391 e. The van der Waals surface area contributed by atoms with E-state index in [0.29, 0.717) is 12.8 Å². The normalized spacial score (nSPS) is 28.8. The Morgan fingerprint density at radius 1 is 1.36 bits per heavy atom. The molecule has 82 valence electrons. The monoisotopic (exact) mass is 210 g/mol. The molecule has 2 atom stereocenters. The number of hydrogen-bond donors (Lipinski definition) is 1. The highest BCUT2D eigenvalue weighted by molar-refractivity contribution is 5.67. The van der Waals surface area contributed by atoms with E-state index in [1.165, 1.54) is 0 Å². The van der Waals surface area contributed by atoms with Crippen LogP contribution < -0.4 is 0 Å². The van der Waals surface area contributed by atoms with Gasteiger partial charge in [0.15, 0.2) is 0 Å². The molecule has 1 aliphatic rings. The molecule has 1 rings (SSSR count). The van der Waals surface area contributed by atoms with Gasteiger partial charge in [-0.3, -0.25) is 4.79 Å². The fourth-order valence-corrected chi connectivity index (χ4v) is 2.02. The molecule has 0 aliphatic heterocycles. The Hall–Kier alpha value is -0.740. The fraction of sp³-hybridized carbons (Fsp3) is 0.889. The van der Waals surface area contributed by atoms with Crippen LogP contribution in [-0.4, -0.2) is 17.3 Å². The zero-order valence-electron chi connectivity index (χ0n) is 7.68. The van der Waals surface area contributed by atoms with Gasteiger partial charge in [0.2, 0.25) is 0 Å². The Morgan fingerprint density at radius 3 is 2.50 bits per heavy atom. The minimum atomic E-state index is -4.16. The van der Waals surface area contributed by atoms with Gasteiger partial charge in [0.25, 0.3) is 0 Å². The van der Waals surface area contributed by atoms with Crippen LogP contribution in [0, 0.1) is 11.8 Å². The van der Waals surface area contributed by atoms with E-state index < -0.39 is 18.1 Å². The van der Waals surface area contributed by atoms with Crippen molar-refractivity contribution in [3.8, 4) is 0 Å². The van der Waals surface area contributed by atoms with E-state index in [0.717, 1.165) is 0 Å². The molecule has 1 fully saturated rings. The van der Waals surface area contributed by atoms with E-state index in [2.05, 4.69) is 0 Å². The van der Waals surface area contributed by atoms with Gasteiger partial charge >= 0.3 is 12.1 Å². The number of aliphatic carboxylic acids is 1. The Bertz CT molecular complexity index is 213. The topological polar surface area (TPSA) is 37.3 Å². The van der Waals surface area contributed by atoms with Gasteiger partial charge < -0.3 is 5.11 Å². The van der Waals surface area contributed by atoms with Gasteiger partial charge in [0, 0.05) is 6.42 Å². The fourth-order valence-electron chi connectivity index (χ4n) is 2.02. The molecule has 2 nitrogen and oxygen atoms in total. The van der Waals surface area contributed by atoms with Crippen molar-refractivity contribution in [2.45, 2.75) is 38.3 Å².